The van der Waals surface area contributed by atoms with E-state index in [1.807, 2.05) is 37.3 Å². The summed E-state index contributed by atoms with van der Waals surface area (Å²) in [5.74, 6) is -1.63. The second-order valence-electron chi connectivity index (χ2n) is 5.56. The van der Waals surface area contributed by atoms with Crippen LogP contribution in [0, 0.1) is 11.6 Å². The van der Waals surface area contributed by atoms with E-state index in [0.29, 0.717) is 12.2 Å². The fourth-order valence-corrected chi connectivity index (χ4v) is 2.56. The number of rotatable bonds is 5. The van der Waals surface area contributed by atoms with Gasteiger partial charge >= 0.3 is 0 Å². The summed E-state index contributed by atoms with van der Waals surface area (Å²) in [6, 6.07) is 15.7. The molecule has 1 aromatic heterocycles. The third-order valence-electron chi connectivity index (χ3n) is 3.82. The largest absolute Gasteiger partial charge is 0.353 e. The van der Waals surface area contributed by atoms with Gasteiger partial charge in [0.15, 0.2) is 0 Å². The second-order valence-corrected chi connectivity index (χ2v) is 5.56. The van der Waals surface area contributed by atoms with Gasteiger partial charge in [0.25, 0.3) is 5.91 Å². The Morgan fingerprint density at radius 3 is 2.54 bits per heavy atom. The number of aromatic nitrogens is 1. The van der Waals surface area contributed by atoms with Gasteiger partial charge < -0.3 is 10.2 Å². The summed E-state index contributed by atoms with van der Waals surface area (Å²) in [4.78, 5) is 18.5. The molecule has 0 unspecified atom stereocenters. The molecule has 0 saturated heterocycles. The molecule has 26 heavy (non-hydrogen) atoms. The Labute approximate surface area is 150 Å². The predicted octanol–water partition coefficient (Wildman–Crippen LogP) is 4.77. The maximum atomic E-state index is 13.8. The Morgan fingerprint density at radius 1 is 1.08 bits per heavy atom. The highest BCUT2D eigenvalue weighted by Gasteiger charge is 2.17. The molecule has 1 heterocycles. The highest BCUT2D eigenvalue weighted by molar-refractivity contribution is 6.05. The van der Waals surface area contributed by atoms with Crippen LogP contribution in [0.1, 0.15) is 17.4 Å². The number of halogens is 2. The molecule has 2 aromatic carbocycles. The zero-order chi connectivity index (χ0) is 18.5. The van der Waals surface area contributed by atoms with Crippen molar-refractivity contribution >= 4 is 23.0 Å². The van der Waals surface area contributed by atoms with Crippen molar-refractivity contribution in [2.24, 2.45) is 0 Å². The van der Waals surface area contributed by atoms with Crippen LogP contribution in [-0.4, -0.2) is 17.4 Å². The monoisotopic (exact) mass is 353 g/mol. The maximum Gasteiger partial charge on any atom is 0.276 e. The van der Waals surface area contributed by atoms with Gasteiger partial charge in [-0.25, -0.2) is 8.78 Å². The van der Waals surface area contributed by atoms with Gasteiger partial charge in [-0.2, -0.15) is 0 Å². The van der Waals surface area contributed by atoms with Crippen molar-refractivity contribution in [2.45, 2.75) is 6.92 Å². The molecule has 0 saturated carbocycles. The van der Waals surface area contributed by atoms with E-state index >= 15 is 0 Å². The molecule has 4 nitrogen and oxygen atoms in total. The predicted molar refractivity (Wildman–Crippen MR) is 97.7 cm³/mol. The summed E-state index contributed by atoms with van der Waals surface area (Å²) in [5, 5.41) is 2.84. The number of nitrogens with one attached hydrogen (secondary N) is 1. The summed E-state index contributed by atoms with van der Waals surface area (Å²) in [5.41, 5.74) is 1.59. The molecule has 0 aliphatic rings. The smallest absolute Gasteiger partial charge is 0.276 e. The summed E-state index contributed by atoms with van der Waals surface area (Å²) in [7, 11) is 0. The van der Waals surface area contributed by atoms with Gasteiger partial charge in [0.1, 0.15) is 17.3 Å². The number of carbonyl (C=O) groups excluding carboxylic acids is 1. The van der Waals surface area contributed by atoms with Crippen LogP contribution in [0.15, 0.2) is 66.9 Å². The zero-order valence-electron chi connectivity index (χ0n) is 14.1. The normalized spacial score (nSPS) is 10.4. The van der Waals surface area contributed by atoms with Gasteiger partial charge in [-0.3, -0.25) is 9.78 Å². The van der Waals surface area contributed by atoms with Crippen LogP contribution in [-0.2, 0) is 0 Å². The second kappa shape index (κ2) is 7.74. The molecule has 0 radical (unpaired) electrons. The molecule has 3 rings (SSSR count). The molecular formula is C20H17F2N3O. The van der Waals surface area contributed by atoms with Crippen molar-refractivity contribution in [3.8, 4) is 0 Å². The lowest BCUT2D eigenvalue weighted by Crippen LogP contribution is -2.31. The number of anilines is 3. The topological polar surface area (TPSA) is 45.2 Å². The first-order valence-electron chi connectivity index (χ1n) is 8.13. The lowest BCUT2D eigenvalue weighted by molar-refractivity contribution is 0.0983. The molecule has 132 valence electrons. The minimum Gasteiger partial charge on any atom is -0.353 e. The van der Waals surface area contributed by atoms with Crippen molar-refractivity contribution in [1.82, 2.24) is 4.98 Å². The molecule has 6 heteroatoms. The van der Waals surface area contributed by atoms with Gasteiger partial charge in [-0.15, -0.1) is 0 Å². The highest BCUT2D eigenvalue weighted by Crippen LogP contribution is 2.22. The van der Waals surface area contributed by atoms with E-state index < -0.39 is 11.6 Å². The quantitative estimate of drug-likeness (QED) is 0.719. The van der Waals surface area contributed by atoms with Crippen LogP contribution in [0.25, 0.3) is 0 Å². The van der Waals surface area contributed by atoms with Crippen LogP contribution < -0.4 is 10.2 Å². The highest BCUT2D eigenvalue weighted by atomic mass is 19.1. The molecule has 0 atom stereocenters. The van der Waals surface area contributed by atoms with E-state index in [-0.39, 0.29) is 17.3 Å². The average Bonchev–Trinajstić information content (AvgIpc) is 2.66. The molecule has 1 amide bonds. The standard InChI is InChI=1S/C20H17F2N3O/c1-2-25(16-6-4-3-5-7-16)20(26)19-13-15(10-11-23-19)24-18-9-8-14(21)12-17(18)22/h3-13H,2H2,1H3,(H,23,24). The van der Waals surface area contributed by atoms with Crippen LogP contribution in [0.2, 0.25) is 0 Å². The molecule has 0 bridgehead atoms. The fraction of sp³-hybridized carbons (Fsp3) is 0.100. The minimum atomic E-state index is -0.714. The lowest BCUT2D eigenvalue weighted by atomic mass is 10.2. The van der Waals surface area contributed by atoms with Crippen molar-refractivity contribution in [1.29, 1.82) is 0 Å². The van der Waals surface area contributed by atoms with Crippen LogP contribution in [0.3, 0.4) is 0 Å². The van der Waals surface area contributed by atoms with E-state index in [4.69, 9.17) is 0 Å². The third kappa shape index (κ3) is 3.85. The number of benzene rings is 2. The zero-order valence-corrected chi connectivity index (χ0v) is 14.1. The molecule has 0 spiro atoms. The van der Waals surface area contributed by atoms with E-state index in [1.54, 1.807) is 11.0 Å². The number of para-hydroxylation sites is 1. The third-order valence-corrected chi connectivity index (χ3v) is 3.82. The molecule has 0 aliphatic carbocycles. The van der Waals surface area contributed by atoms with Crippen molar-refractivity contribution < 1.29 is 13.6 Å². The number of nitrogens with zero attached hydrogens (tertiary/aromatic N) is 2. The first-order chi connectivity index (χ1) is 12.6. The van der Waals surface area contributed by atoms with Gasteiger partial charge in [0, 0.05) is 30.2 Å². The molecule has 1 N–H and O–H groups in total. The Bertz CT molecular complexity index is 916. The van der Waals surface area contributed by atoms with Crippen molar-refractivity contribution in [3.63, 3.8) is 0 Å². The summed E-state index contributed by atoms with van der Waals surface area (Å²) in [6.07, 6.45) is 1.47. The van der Waals surface area contributed by atoms with E-state index in [0.717, 1.165) is 17.8 Å². The van der Waals surface area contributed by atoms with Crippen molar-refractivity contribution in [2.75, 3.05) is 16.8 Å². The molecule has 0 fully saturated rings. The SMILES string of the molecule is CCN(C(=O)c1cc(Nc2ccc(F)cc2F)ccn1)c1ccccc1. The number of hydrogen-bond donors (Lipinski definition) is 1. The summed E-state index contributed by atoms with van der Waals surface area (Å²) >= 11 is 0. The Kier molecular flexibility index (Phi) is 5.22. The van der Waals surface area contributed by atoms with Gasteiger partial charge in [0.05, 0.1) is 5.69 Å². The number of pyridine rings is 1. The Morgan fingerprint density at radius 2 is 1.85 bits per heavy atom. The molecule has 3 aromatic rings. The summed E-state index contributed by atoms with van der Waals surface area (Å²) < 4.78 is 26.8. The van der Waals surface area contributed by atoms with E-state index in [9.17, 15) is 13.6 Å². The van der Waals surface area contributed by atoms with E-state index in [2.05, 4.69) is 10.3 Å². The molecular weight excluding hydrogens is 336 g/mol. The lowest BCUT2D eigenvalue weighted by Gasteiger charge is -2.20. The number of hydrogen-bond acceptors (Lipinski definition) is 3. The summed E-state index contributed by atoms with van der Waals surface area (Å²) in [6.45, 7) is 2.36. The van der Waals surface area contributed by atoms with E-state index in [1.165, 1.54) is 18.3 Å². The Balaban J connectivity index is 1.85. The fourth-order valence-electron chi connectivity index (χ4n) is 2.56. The first kappa shape index (κ1) is 17.5. The van der Waals surface area contributed by atoms with Gasteiger partial charge in [0.2, 0.25) is 0 Å². The maximum absolute atomic E-state index is 13.8. The number of amides is 1. The number of carbonyl (C=O) groups is 1. The Hall–Kier alpha value is -3.28. The van der Waals surface area contributed by atoms with Crippen LogP contribution in [0.5, 0.6) is 0 Å². The average molecular weight is 353 g/mol. The first-order valence-corrected chi connectivity index (χ1v) is 8.13. The van der Waals surface area contributed by atoms with Crippen LogP contribution >= 0.6 is 0 Å². The minimum absolute atomic E-state index is 0.117. The van der Waals surface area contributed by atoms with Gasteiger partial charge in [-0.05, 0) is 43.3 Å². The molecule has 0 aliphatic heterocycles. The van der Waals surface area contributed by atoms with Gasteiger partial charge in [-0.1, -0.05) is 18.2 Å². The van der Waals surface area contributed by atoms with Crippen molar-refractivity contribution in [3.05, 3.63) is 84.2 Å². The van der Waals surface area contributed by atoms with Crippen LogP contribution in [0.4, 0.5) is 25.8 Å².